The lowest BCUT2D eigenvalue weighted by atomic mass is 10.3. The third-order valence-electron chi connectivity index (χ3n) is 1.99. The quantitative estimate of drug-likeness (QED) is 0.809. The predicted octanol–water partition coefficient (Wildman–Crippen LogP) is 3.27. The van der Waals surface area contributed by atoms with Crippen LogP contribution in [0.2, 0.25) is 5.28 Å². The third-order valence-corrected chi connectivity index (χ3v) is 2.69. The Hall–Kier alpha value is -1.01. The number of rotatable bonds is 1. The van der Waals surface area contributed by atoms with Gasteiger partial charge in [0.1, 0.15) is 11.5 Å². The number of benzene rings is 1. The minimum atomic E-state index is -0.739. The SMILES string of the molecule is Cc1nnc(Cl)n1-c1c(F)cc(Br)cc1F. The zero-order chi connectivity index (χ0) is 11.9. The van der Waals surface area contributed by atoms with Gasteiger partial charge >= 0.3 is 0 Å². The van der Waals surface area contributed by atoms with Gasteiger partial charge in [0.15, 0.2) is 11.6 Å². The molecule has 2 aromatic rings. The van der Waals surface area contributed by atoms with Gasteiger partial charge in [0.25, 0.3) is 0 Å². The van der Waals surface area contributed by atoms with Gasteiger partial charge in [-0.1, -0.05) is 15.9 Å². The fourth-order valence-electron chi connectivity index (χ4n) is 1.34. The number of hydrogen-bond donors (Lipinski definition) is 0. The molecular weight excluding hydrogens is 303 g/mol. The van der Waals surface area contributed by atoms with Crippen LogP contribution in [0.15, 0.2) is 16.6 Å². The minimum Gasteiger partial charge on any atom is -0.264 e. The van der Waals surface area contributed by atoms with Gasteiger partial charge in [-0.15, -0.1) is 10.2 Å². The van der Waals surface area contributed by atoms with Crippen molar-refractivity contribution >= 4 is 27.5 Å². The zero-order valence-electron chi connectivity index (χ0n) is 8.01. The molecule has 1 aromatic carbocycles. The molecule has 0 saturated heterocycles. The van der Waals surface area contributed by atoms with Gasteiger partial charge in [-0.05, 0) is 30.7 Å². The van der Waals surface area contributed by atoms with Crippen LogP contribution >= 0.6 is 27.5 Å². The Bertz CT molecular complexity index is 513. The third kappa shape index (κ3) is 1.82. The highest BCUT2D eigenvalue weighted by Crippen LogP contribution is 2.25. The van der Waals surface area contributed by atoms with E-state index in [2.05, 4.69) is 26.1 Å². The number of nitrogens with zero attached hydrogens (tertiary/aromatic N) is 3. The van der Waals surface area contributed by atoms with E-state index in [1.165, 1.54) is 0 Å². The maximum absolute atomic E-state index is 13.6. The Morgan fingerprint density at radius 1 is 1.25 bits per heavy atom. The maximum atomic E-state index is 13.6. The van der Waals surface area contributed by atoms with E-state index in [-0.39, 0.29) is 11.0 Å². The lowest BCUT2D eigenvalue weighted by molar-refractivity contribution is 0.566. The van der Waals surface area contributed by atoms with Crippen molar-refractivity contribution in [3.05, 3.63) is 39.3 Å². The van der Waals surface area contributed by atoms with Crippen molar-refractivity contribution in [1.82, 2.24) is 14.8 Å². The van der Waals surface area contributed by atoms with Crippen molar-refractivity contribution < 1.29 is 8.78 Å². The number of halogens is 4. The Balaban J connectivity index is 2.74. The molecule has 0 bridgehead atoms. The van der Waals surface area contributed by atoms with Crippen LogP contribution in [-0.2, 0) is 0 Å². The van der Waals surface area contributed by atoms with Crippen LogP contribution in [0.25, 0.3) is 5.69 Å². The molecule has 0 aliphatic carbocycles. The molecule has 0 amide bonds. The lowest BCUT2D eigenvalue weighted by Gasteiger charge is -2.08. The molecule has 84 valence electrons. The molecule has 2 rings (SSSR count). The van der Waals surface area contributed by atoms with Crippen molar-refractivity contribution in [3.63, 3.8) is 0 Å². The molecule has 0 aliphatic heterocycles. The highest BCUT2D eigenvalue weighted by Gasteiger charge is 2.17. The van der Waals surface area contributed by atoms with Crippen LogP contribution in [-0.4, -0.2) is 14.8 Å². The predicted molar refractivity (Wildman–Crippen MR) is 58.7 cm³/mol. The van der Waals surface area contributed by atoms with Crippen molar-refractivity contribution in [1.29, 1.82) is 0 Å². The van der Waals surface area contributed by atoms with Crippen LogP contribution in [0.4, 0.5) is 8.78 Å². The smallest absolute Gasteiger partial charge is 0.229 e. The highest BCUT2D eigenvalue weighted by molar-refractivity contribution is 9.10. The van der Waals surface area contributed by atoms with E-state index in [0.717, 1.165) is 16.7 Å². The van der Waals surface area contributed by atoms with Crippen LogP contribution in [0, 0.1) is 18.6 Å². The second-order valence-corrected chi connectivity index (χ2v) is 4.32. The minimum absolute atomic E-state index is 0.0855. The summed E-state index contributed by atoms with van der Waals surface area (Å²) in [7, 11) is 0. The summed E-state index contributed by atoms with van der Waals surface area (Å²) in [5.74, 6) is -1.17. The molecule has 0 N–H and O–H groups in total. The van der Waals surface area contributed by atoms with E-state index in [4.69, 9.17) is 11.6 Å². The van der Waals surface area contributed by atoms with Gasteiger partial charge in [-0.3, -0.25) is 4.57 Å². The molecule has 0 saturated carbocycles. The first kappa shape index (κ1) is 11.5. The molecule has 0 unspecified atom stereocenters. The molecule has 16 heavy (non-hydrogen) atoms. The van der Waals surface area contributed by atoms with Crippen LogP contribution < -0.4 is 0 Å². The van der Waals surface area contributed by atoms with Crippen molar-refractivity contribution in [2.75, 3.05) is 0 Å². The summed E-state index contributed by atoms with van der Waals surface area (Å²) in [6.45, 7) is 1.56. The van der Waals surface area contributed by atoms with Gasteiger partial charge < -0.3 is 0 Å². The fourth-order valence-corrected chi connectivity index (χ4v) is 1.99. The summed E-state index contributed by atoms with van der Waals surface area (Å²) < 4.78 is 28.7. The molecule has 1 heterocycles. The largest absolute Gasteiger partial charge is 0.264 e. The molecule has 1 aromatic heterocycles. The first-order valence-corrected chi connectivity index (χ1v) is 5.40. The fraction of sp³-hybridized carbons (Fsp3) is 0.111. The van der Waals surface area contributed by atoms with E-state index in [0.29, 0.717) is 10.3 Å². The number of aromatic nitrogens is 3. The van der Waals surface area contributed by atoms with E-state index < -0.39 is 11.6 Å². The summed E-state index contributed by atoms with van der Waals surface area (Å²) in [5.41, 5.74) is -0.282. The average Bonchev–Trinajstić information content (AvgIpc) is 2.47. The summed E-state index contributed by atoms with van der Waals surface area (Å²) in [6, 6.07) is 2.29. The topological polar surface area (TPSA) is 30.7 Å². The average molecular weight is 309 g/mol. The summed E-state index contributed by atoms with van der Waals surface area (Å²) >= 11 is 8.70. The van der Waals surface area contributed by atoms with E-state index >= 15 is 0 Å². The van der Waals surface area contributed by atoms with Crippen molar-refractivity contribution in [3.8, 4) is 5.69 Å². The van der Waals surface area contributed by atoms with Crippen LogP contribution in [0.1, 0.15) is 5.82 Å². The highest BCUT2D eigenvalue weighted by atomic mass is 79.9. The molecule has 0 radical (unpaired) electrons. The van der Waals surface area contributed by atoms with E-state index in [1.807, 2.05) is 0 Å². The first-order chi connectivity index (χ1) is 7.50. The second kappa shape index (κ2) is 4.10. The van der Waals surface area contributed by atoms with Gasteiger partial charge in [0.05, 0.1) is 0 Å². The lowest BCUT2D eigenvalue weighted by Crippen LogP contribution is -2.04. The Labute approximate surface area is 103 Å². The summed E-state index contributed by atoms with van der Waals surface area (Å²) in [6.07, 6.45) is 0. The standard InChI is InChI=1S/C9H5BrClF2N3/c1-4-14-15-9(11)16(4)8-6(12)2-5(10)3-7(8)13/h2-3H,1H3. The normalized spacial score (nSPS) is 10.8. The molecule has 0 aliphatic rings. The number of aryl methyl sites for hydroxylation is 1. The first-order valence-electron chi connectivity index (χ1n) is 4.23. The van der Waals surface area contributed by atoms with Gasteiger partial charge in [-0.25, -0.2) is 8.78 Å². The van der Waals surface area contributed by atoms with Crippen molar-refractivity contribution in [2.24, 2.45) is 0 Å². The van der Waals surface area contributed by atoms with Gasteiger partial charge in [-0.2, -0.15) is 0 Å². The van der Waals surface area contributed by atoms with E-state index in [1.54, 1.807) is 6.92 Å². The second-order valence-electron chi connectivity index (χ2n) is 3.07. The molecule has 0 spiro atoms. The maximum Gasteiger partial charge on any atom is 0.229 e. The Morgan fingerprint density at radius 3 is 2.25 bits per heavy atom. The van der Waals surface area contributed by atoms with Gasteiger partial charge in [0, 0.05) is 4.47 Å². The van der Waals surface area contributed by atoms with Crippen LogP contribution in [0.5, 0.6) is 0 Å². The van der Waals surface area contributed by atoms with Crippen molar-refractivity contribution in [2.45, 2.75) is 6.92 Å². The molecule has 0 fully saturated rings. The monoisotopic (exact) mass is 307 g/mol. The van der Waals surface area contributed by atoms with Crippen LogP contribution in [0.3, 0.4) is 0 Å². The summed E-state index contributed by atoms with van der Waals surface area (Å²) in [5, 5.41) is 7.08. The Morgan fingerprint density at radius 2 is 1.81 bits per heavy atom. The van der Waals surface area contributed by atoms with E-state index in [9.17, 15) is 8.78 Å². The zero-order valence-corrected chi connectivity index (χ0v) is 10.4. The number of hydrogen-bond acceptors (Lipinski definition) is 2. The Kier molecular flexibility index (Phi) is 2.94. The molecule has 7 heteroatoms. The van der Waals surface area contributed by atoms with Gasteiger partial charge in [0.2, 0.25) is 5.28 Å². The molecular formula is C9H5BrClF2N3. The molecule has 3 nitrogen and oxygen atoms in total. The molecule has 0 atom stereocenters. The summed E-state index contributed by atoms with van der Waals surface area (Å²) in [4.78, 5) is 0.